The molecule has 2 heterocycles. The third-order valence-electron chi connectivity index (χ3n) is 4.25. The fourth-order valence-corrected chi connectivity index (χ4v) is 2.72. The lowest BCUT2D eigenvalue weighted by Gasteiger charge is -2.16. The summed E-state index contributed by atoms with van der Waals surface area (Å²) < 4.78 is 6.33. The van der Waals surface area contributed by atoms with Crippen LogP contribution < -0.4 is 5.32 Å². The Balaban J connectivity index is 0.00000363. The molecule has 1 atom stereocenters. The zero-order valence-electron chi connectivity index (χ0n) is 16.8. The van der Waals surface area contributed by atoms with Crippen molar-refractivity contribution in [2.45, 2.75) is 32.0 Å². The zero-order valence-corrected chi connectivity index (χ0v) is 17.6. The van der Waals surface area contributed by atoms with Crippen LogP contribution in [0.1, 0.15) is 23.5 Å². The van der Waals surface area contributed by atoms with Crippen LogP contribution in [0.5, 0.6) is 0 Å². The number of carbonyl (C=O) groups is 3. The zero-order chi connectivity index (χ0) is 22.1. The number of tetrazole rings is 1. The van der Waals surface area contributed by atoms with E-state index in [4.69, 9.17) is 9.84 Å². The molecule has 1 aromatic carbocycles. The van der Waals surface area contributed by atoms with Crippen molar-refractivity contribution >= 4 is 30.3 Å². The maximum atomic E-state index is 12.7. The lowest BCUT2D eigenvalue weighted by atomic mass is 10.1. The minimum atomic E-state index is -1.30. The number of nitrogens with zero attached hydrogens (tertiary/aromatic N) is 5. The van der Waals surface area contributed by atoms with Crippen molar-refractivity contribution in [3.05, 3.63) is 71.8 Å². The summed E-state index contributed by atoms with van der Waals surface area (Å²) in [5.74, 6) is -1.44. The molecule has 3 rings (SSSR count). The summed E-state index contributed by atoms with van der Waals surface area (Å²) >= 11 is 0. The second-order valence-electron chi connectivity index (χ2n) is 6.57. The fourth-order valence-electron chi connectivity index (χ4n) is 2.72. The number of benzene rings is 1. The minimum Gasteiger partial charge on any atom is -0.481 e. The number of amides is 1. The van der Waals surface area contributed by atoms with E-state index < -0.39 is 30.3 Å². The van der Waals surface area contributed by atoms with Crippen LogP contribution in [-0.4, -0.2) is 54.2 Å². The molecule has 12 heteroatoms. The van der Waals surface area contributed by atoms with Crippen LogP contribution in [-0.2, 0) is 33.9 Å². The van der Waals surface area contributed by atoms with Crippen LogP contribution in [0, 0.1) is 0 Å². The molecule has 0 fully saturated rings. The molecule has 0 saturated carbocycles. The van der Waals surface area contributed by atoms with Crippen LogP contribution >= 0.6 is 12.4 Å². The van der Waals surface area contributed by atoms with E-state index in [0.717, 1.165) is 5.56 Å². The minimum absolute atomic E-state index is 0. The van der Waals surface area contributed by atoms with Gasteiger partial charge in [0, 0.05) is 11.9 Å². The van der Waals surface area contributed by atoms with Crippen molar-refractivity contribution < 1.29 is 24.2 Å². The number of halogens is 1. The molecule has 0 bridgehead atoms. The number of aromatic nitrogens is 5. The summed E-state index contributed by atoms with van der Waals surface area (Å²) in [6.45, 7) is -0.325. The van der Waals surface area contributed by atoms with Gasteiger partial charge in [0.05, 0.1) is 12.8 Å². The first kappa shape index (κ1) is 24.4. The Hall–Kier alpha value is -3.86. The van der Waals surface area contributed by atoms with Gasteiger partial charge in [-0.25, -0.2) is 9.48 Å². The fraction of sp³-hybridized carbons (Fsp3) is 0.250. The largest absolute Gasteiger partial charge is 0.481 e. The van der Waals surface area contributed by atoms with Crippen LogP contribution in [0.25, 0.3) is 0 Å². The summed E-state index contributed by atoms with van der Waals surface area (Å²) in [4.78, 5) is 40.2. The molecule has 2 N–H and O–H groups in total. The Morgan fingerprint density at radius 3 is 2.53 bits per heavy atom. The smallest absolute Gasteiger partial charge is 0.408 e. The number of carboxylic acids is 1. The van der Waals surface area contributed by atoms with Crippen molar-refractivity contribution in [1.29, 1.82) is 0 Å². The summed E-state index contributed by atoms with van der Waals surface area (Å²) in [6, 6.07) is 13.0. The predicted molar refractivity (Wildman–Crippen MR) is 113 cm³/mol. The quantitative estimate of drug-likeness (QED) is 0.457. The Labute approximate surface area is 189 Å². The van der Waals surface area contributed by atoms with Crippen LogP contribution in [0.3, 0.4) is 0 Å². The number of ether oxygens (including phenoxy) is 1. The first-order valence-electron chi connectivity index (χ1n) is 9.38. The molecule has 1 amide bonds. The van der Waals surface area contributed by atoms with Gasteiger partial charge in [0.2, 0.25) is 0 Å². The number of Topliss-reactive ketones (excluding diaryl/α,β-unsaturated/α-hetero) is 1. The molecule has 0 spiro atoms. The summed E-state index contributed by atoms with van der Waals surface area (Å²) in [6.07, 6.45) is 0.422. The van der Waals surface area contributed by atoms with E-state index in [2.05, 4.69) is 25.8 Å². The van der Waals surface area contributed by atoms with Gasteiger partial charge in [0.25, 0.3) is 0 Å². The molecule has 168 valence electrons. The Morgan fingerprint density at radius 2 is 1.84 bits per heavy atom. The second kappa shape index (κ2) is 12.1. The highest BCUT2D eigenvalue weighted by Crippen LogP contribution is 2.06. The van der Waals surface area contributed by atoms with Crippen molar-refractivity contribution in [1.82, 2.24) is 30.5 Å². The molecule has 0 aliphatic carbocycles. The molecule has 0 radical (unpaired) electrons. The number of rotatable bonds is 10. The highest BCUT2D eigenvalue weighted by atomic mass is 35.5. The first-order valence-corrected chi connectivity index (χ1v) is 9.38. The SMILES string of the molecule is Cl.O=C(O)CC(NC(=O)OCc1ccccc1)C(=O)Cn1nnnc1Cc1ccccn1. The molecule has 2 aromatic heterocycles. The van der Waals surface area contributed by atoms with E-state index in [0.29, 0.717) is 11.5 Å². The lowest BCUT2D eigenvalue weighted by molar-refractivity contribution is -0.139. The maximum Gasteiger partial charge on any atom is 0.408 e. The second-order valence-corrected chi connectivity index (χ2v) is 6.57. The van der Waals surface area contributed by atoms with Crippen LogP contribution in [0.15, 0.2) is 54.7 Å². The first-order chi connectivity index (χ1) is 15.0. The highest BCUT2D eigenvalue weighted by molar-refractivity contribution is 5.90. The van der Waals surface area contributed by atoms with Crippen molar-refractivity contribution in [3.8, 4) is 0 Å². The number of aliphatic carboxylic acids is 1. The molecular weight excluding hydrogens is 440 g/mol. The van der Waals surface area contributed by atoms with Crippen LogP contribution in [0.2, 0.25) is 0 Å². The van der Waals surface area contributed by atoms with E-state index in [1.54, 1.807) is 42.6 Å². The third-order valence-corrected chi connectivity index (χ3v) is 4.25. The Morgan fingerprint density at radius 1 is 1.09 bits per heavy atom. The highest BCUT2D eigenvalue weighted by Gasteiger charge is 2.26. The van der Waals surface area contributed by atoms with Gasteiger partial charge >= 0.3 is 12.1 Å². The standard InChI is InChI=1S/C20H20N6O5.ClH/c27-17(12-26-18(23-24-25-26)10-15-8-4-5-9-21-15)16(11-19(28)29)22-20(30)31-13-14-6-2-1-3-7-14;/h1-9,16H,10-13H2,(H,22,30)(H,28,29);1H. The number of carbonyl (C=O) groups excluding carboxylic acids is 2. The average Bonchev–Trinajstić information content (AvgIpc) is 3.19. The third kappa shape index (κ3) is 7.43. The van der Waals surface area contributed by atoms with Gasteiger partial charge in [-0.15, -0.1) is 17.5 Å². The molecule has 11 nitrogen and oxygen atoms in total. The van der Waals surface area contributed by atoms with E-state index >= 15 is 0 Å². The van der Waals surface area contributed by atoms with E-state index in [-0.39, 0.29) is 32.0 Å². The van der Waals surface area contributed by atoms with Gasteiger partial charge < -0.3 is 15.2 Å². The Kier molecular flexibility index (Phi) is 9.23. The average molecular weight is 461 g/mol. The number of ketones is 1. The normalized spacial score (nSPS) is 11.1. The number of pyridine rings is 1. The number of alkyl carbamates (subject to hydrolysis) is 1. The van der Waals surface area contributed by atoms with Gasteiger partial charge in [0.1, 0.15) is 19.2 Å². The van der Waals surface area contributed by atoms with Crippen molar-refractivity contribution in [2.75, 3.05) is 0 Å². The van der Waals surface area contributed by atoms with Gasteiger partial charge in [-0.3, -0.25) is 14.6 Å². The summed E-state index contributed by atoms with van der Waals surface area (Å²) in [5, 5.41) is 22.7. The summed E-state index contributed by atoms with van der Waals surface area (Å²) in [5.41, 5.74) is 1.46. The number of nitrogens with one attached hydrogen (secondary N) is 1. The molecule has 0 aliphatic heterocycles. The number of hydrogen-bond donors (Lipinski definition) is 2. The number of carboxylic acid groups (broad SMARTS) is 1. The van der Waals surface area contributed by atoms with E-state index in [1.165, 1.54) is 4.68 Å². The van der Waals surface area contributed by atoms with Crippen molar-refractivity contribution in [2.24, 2.45) is 0 Å². The van der Waals surface area contributed by atoms with Crippen molar-refractivity contribution in [3.63, 3.8) is 0 Å². The summed E-state index contributed by atoms with van der Waals surface area (Å²) in [7, 11) is 0. The van der Waals surface area contributed by atoms with Crippen LogP contribution in [0.4, 0.5) is 4.79 Å². The van der Waals surface area contributed by atoms with E-state index in [1.807, 2.05) is 12.1 Å². The topological polar surface area (TPSA) is 149 Å². The predicted octanol–water partition coefficient (Wildman–Crippen LogP) is 1.42. The molecular formula is C20H21ClN6O5. The number of hydrogen-bond acceptors (Lipinski definition) is 8. The van der Waals surface area contributed by atoms with Gasteiger partial charge in [-0.1, -0.05) is 36.4 Å². The maximum absolute atomic E-state index is 12.7. The van der Waals surface area contributed by atoms with Gasteiger partial charge in [-0.2, -0.15) is 0 Å². The van der Waals surface area contributed by atoms with Gasteiger partial charge in [-0.05, 0) is 28.1 Å². The monoisotopic (exact) mass is 460 g/mol. The molecule has 1 unspecified atom stereocenters. The van der Waals surface area contributed by atoms with E-state index in [9.17, 15) is 14.4 Å². The lowest BCUT2D eigenvalue weighted by Crippen LogP contribution is -2.44. The molecule has 3 aromatic rings. The molecule has 0 aliphatic rings. The molecule has 0 saturated heterocycles. The molecule has 32 heavy (non-hydrogen) atoms. The van der Waals surface area contributed by atoms with Gasteiger partial charge in [0.15, 0.2) is 11.6 Å². The Bertz CT molecular complexity index is 1030.